The van der Waals surface area contributed by atoms with Crippen LogP contribution in [0.25, 0.3) is 0 Å². The molecule has 0 unspecified atom stereocenters. The highest BCUT2D eigenvalue weighted by Crippen LogP contribution is 2.22. The zero-order valence-corrected chi connectivity index (χ0v) is 12.0. The third kappa shape index (κ3) is 5.42. The van der Waals surface area contributed by atoms with E-state index >= 15 is 0 Å². The number of ether oxygens (including phenoxy) is 2. The van der Waals surface area contributed by atoms with Crippen LogP contribution in [-0.2, 0) is 11.3 Å². The second-order valence-corrected chi connectivity index (χ2v) is 5.32. The van der Waals surface area contributed by atoms with Gasteiger partial charge in [-0.3, -0.25) is 0 Å². The Morgan fingerprint density at radius 3 is 2.45 bits per heavy atom. The van der Waals surface area contributed by atoms with Crippen molar-refractivity contribution in [3.63, 3.8) is 0 Å². The van der Waals surface area contributed by atoms with Gasteiger partial charge < -0.3 is 14.4 Å². The summed E-state index contributed by atoms with van der Waals surface area (Å²) in [5.74, 6) is 0.0536. The molecular formula is C14H19F2NO3. The third-order valence-corrected chi connectivity index (χ3v) is 2.30. The lowest BCUT2D eigenvalue weighted by atomic mass is 10.2. The summed E-state index contributed by atoms with van der Waals surface area (Å²) in [7, 11) is 1.53. The fourth-order valence-electron chi connectivity index (χ4n) is 1.51. The number of para-hydroxylation sites is 1. The summed E-state index contributed by atoms with van der Waals surface area (Å²) in [4.78, 5) is 13.1. The van der Waals surface area contributed by atoms with Gasteiger partial charge in [-0.15, -0.1) is 0 Å². The Bertz CT molecular complexity index is 458. The van der Waals surface area contributed by atoms with Gasteiger partial charge in [-0.05, 0) is 26.8 Å². The predicted molar refractivity (Wildman–Crippen MR) is 70.8 cm³/mol. The van der Waals surface area contributed by atoms with E-state index in [0.29, 0.717) is 5.56 Å². The van der Waals surface area contributed by atoms with Crippen molar-refractivity contribution in [2.45, 2.75) is 39.5 Å². The molecule has 0 aliphatic carbocycles. The first kappa shape index (κ1) is 16.2. The van der Waals surface area contributed by atoms with Crippen molar-refractivity contribution in [3.8, 4) is 5.75 Å². The summed E-state index contributed by atoms with van der Waals surface area (Å²) in [5.41, 5.74) is -0.120. The first-order valence-corrected chi connectivity index (χ1v) is 6.16. The van der Waals surface area contributed by atoms with Gasteiger partial charge >= 0.3 is 12.7 Å². The minimum absolute atomic E-state index is 0.0536. The minimum Gasteiger partial charge on any atom is -0.444 e. The van der Waals surface area contributed by atoms with Gasteiger partial charge in [0.25, 0.3) is 0 Å². The van der Waals surface area contributed by atoms with E-state index in [2.05, 4.69) is 4.74 Å². The van der Waals surface area contributed by atoms with E-state index in [1.165, 1.54) is 18.0 Å². The lowest BCUT2D eigenvalue weighted by Crippen LogP contribution is -2.33. The quantitative estimate of drug-likeness (QED) is 0.848. The lowest BCUT2D eigenvalue weighted by molar-refractivity contribution is -0.0507. The Labute approximate surface area is 117 Å². The highest BCUT2D eigenvalue weighted by Gasteiger charge is 2.20. The highest BCUT2D eigenvalue weighted by atomic mass is 19.3. The number of hydrogen-bond acceptors (Lipinski definition) is 3. The summed E-state index contributed by atoms with van der Waals surface area (Å²) < 4.78 is 34.2. The van der Waals surface area contributed by atoms with E-state index in [1.54, 1.807) is 39.0 Å². The van der Waals surface area contributed by atoms with Crippen molar-refractivity contribution in [3.05, 3.63) is 29.8 Å². The number of alkyl halides is 2. The number of halogens is 2. The molecule has 112 valence electrons. The number of amides is 1. The summed E-state index contributed by atoms with van der Waals surface area (Å²) >= 11 is 0. The third-order valence-electron chi connectivity index (χ3n) is 2.30. The van der Waals surface area contributed by atoms with Gasteiger partial charge in [0.05, 0.1) is 6.54 Å². The molecule has 0 bridgehead atoms. The Balaban J connectivity index is 2.75. The fourth-order valence-corrected chi connectivity index (χ4v) is 1.51. The smallest absolute Gasteiger partial charge is 0.410 e. The van der Waals surface area contributed by atoms with Crippen molar-refractivity contribution in [1.29, 1.82) is 0 Å². The molecule has 0 fully saturated rings. The van der Waals surface area contributed by atoms with Crippen LogP contribution in [0.4, 0.5) is 13.6 Å². The Hall–Kier alpha value is -1.85. The average Bonchev–Trinajstić information content (AvgIpc) is 2.28. The van der Waals surface area contributed by atoms with Crippen molar-refractivity contribution in [1.82, 2.24) is 4.90 Å². The number of hydrogen-bond donors (Lipinski definition) is 0. The molecule has 0 N–H and O–H groups in total. The van der Waals surface area contributed by atoms with Crippen LogP contribution in [0.15, 0.2) is 24.3 Å². The van der Waals surface area contributed by atoms with E-state index in [0.717, 1.165) is 0 Å². The molecule has 1 amide bonds. The molecule has 0 atom stereocenters. The largest absolute Gasteiger partial charge is 0.444 e. The second-order valence-electron chi connectivity index (χ2n) is 5.32. The molecule has 0 saturated carbocycles. The topological polar surface area (TPSA) is 38.8 Å². The minimum atomic E-state index is -2.90. The SMILES string of the molecule is CN(Cc1ccccc1OC(F)F)C(=O)OC(C)(C)C. The molecule has 0 aromatic heterocycles. The maximum absolute atomic E-state index is 12.3. The molecule has 1 rings (SSSR count). The van der Waals surface area contributed by atoms with Crippen molar-refractivity contribution >= 4 is 6.09 Å². The molecule has 6 heteroatoms. The molecule has 0 aliphatic heterocycles. The van der Waals surface area contributed by atoms with Gasteiger partial charge in [-0.1, -0.05) is 18.2 Å². The number of rotatable bonds is 4. The van der Waals surface area contributed by atoms with E-state index < -0.39 is 18.3 Å². The monoisotopic (exact) mass is 287 g/mol. The zero-order valence-electron chi connectivity index (χ0n) is 12.0. The van der Waals surface area contributed by atoms with Gasteiger partial charge in [0.1, 0.15) is 11.4 Å². The number of carbonyl (C=O) groups excluding carboxylic acids is 1. The Morgan fingerprint density at radius 1 is 1.30 bits per heavy atom. The number of benzene rings is 1. The van der Waals surface area contributed by atoms with Gasteiger partial charge in [-0.25, -0.2) is 4.79 Å². The van der Waals surface area contributed by atoms with E-state index in [1.807, 2.05) is 0 Å². The first-order chi connectivity index (χ1) is 9.19. The van der Waals surface area contributed by atoms with E-state index in [-0.39, 0.29) is 12.3 Å². The second kappa shape index (κ2) is 6.54. The van der Waals surface area contributed by atoms with E-state index in [4.69, 9.17) is 4.74 Å². The molecule has 0 radical (unpaired) electrons. The van der Waals surface area contributed by atoms with Crippen LogP contribution in [0.1, 0.15) is 26.3 Å². The van der Waals surface area contributed by atoms with Gasteiger partial charge in [0, 0.05) is 12.6 Å². The molecule has 0 spiro atoms. The molecule has 0 aliphatic rings. The fraction of sp³-hybridized carbons (Fsp3) is 0.500. The molecule has 1 aromatic rings. The van der Waals surface area contributed by atoms with Gasteiger partial charge in [-0.2, -0.15) is 8.78 Å². The summed E-state index contributed by atoms with van der Waals surface area (Å²) in [6.07, 6.45) is -0.524. The molecular weight excluding hydrogens is 268 g/mol. The van der Waals surface area contributed by atoms with Crippen LogP contribution < -0.4 is 4.74 Å². The Kier molecular flexibility index (Phi) is 5.30. The average molecular weight is 287 g/mol. The standard InChI is InChI=1S/C14H19F2NO3/c1-14(2,3)20-13(18)17(4)9-10-7-5-6-8-11(10)19-12(15)16/h5-8,12H,9H2,1-4H3. The van der Waals surface area contributed by atoms with Crippen LogP contribution in [0.3, 0.4) is 0 Å². The molecule has 4 nitrogen and oxygen atoms in total. The zero-order chi connectivity index (χ0) is 15.3. The summed E-state index contributed by atoms with van der Waals surface area (Å²) in [6.45, 7) is 2.49. The molecule has 0 heterocycles. The Morgan fingerprint density at radius 2 is 1.90 bits per heavy atom. The van der Waals surface area contributed by atoms with E-state index in [9.17, 15) is 13.6 Å². The normalized spacial score (nSPS) is 11.3. The lowest BCUT2D eigenvalue weighted by Gasteiger charge is -2.25. The van der Waals surface area contributed by atoms with Crippen LogP contribution in [0, 0.1) is 0 Å². The van der Waals surface area contributed by atoms with Crippen molar-refractivity contribution < 1.29 is 23.0 Å². The maximum atomic E-state index is 12.3. The highest BCUT2D eigenvalue weighted by molar-refractivity contribution is 5.67. The van der Waals surface area contributed by atoms with Crippen LogP contribution in [0.5, 0.6) is 5.75 Å². The van der Waals surface area contributed by atoms with Crippen LogP contribution >= 0.6 is 0 Å². The number of nitrogens with zero attached hydrogens (tertiary/aromatic N) is 1. The summed E-state index contributed by atoms with van der Waals surface area (Å²) in [5, 5.41) is 0. The van der Waals surface area contributed by atoms with Gasteiger partial charge in [0.2, 0.25) is 0 Å². The van der Waals surface area contributed by atoms with Crippen molar-refractivity contribution in [2.75, 3.05) is 7.05 Å². The molecule has 20 heavy (non-hydrogen) atoms. The number of carbonyl (C=O) groups is 1. The summed E-state index contributed by atoms with van der Waals surface area (Å²) in [6, 6.07) is 6.34. The predicted octanol–water partition coefficient (Wildman–Crippen LogP) is 3.65. The molecule has 1 aromatic carbocycles. The van der Waals surface area contributed by atoms with Crippen LogP contribution in [0.2, 0.25) is 0 Å². The van der Waals surface area contributed by atoms with Crippen molar-refractivity contribution in [2.24, 2.45) is 0 Å². The maximum Gasteiger partial charge on any atom is 0.410 e. The molecule has 0 saturated heterocycles. The van der Waals surface area contributed by atoms with Crippen LogP contribution in [-0.4, -0.2) is 30.3 Å². The van der Waals surface area contributed by atoms with Gasteiger partial charge in [0.15, 0.2) is 0 Å². The first-order valence-electron chi connectivity index (χ1n) is 6.16.